The Labute approximate surface area is 248 Å². The minimum absolute atomic E-state index is 0.834. The molecule has 2 heterocycles. The Kier molecular flexibility index (Phi) is 5.17. The SMILES string of the molecule is O=P(c1ccccc1)(c1ccccc1)c1cccc2cc3c(cc12)c1ccc2ccccc2c1c1nc2ccccc2n31. The van der Waals surface area contributed by atoms with Gasteiger partial charge in [-0.3, -0.25) is 4.40 Å². The highest BCUT2D eigenvalue weighted by atomic mass is 31.2. The van der Waals surface area contributed by atoms with E-state index in [4.69, 9.17) is 4.98 Å². The zero-order valence-electron chi connectivity index (χ0n) is 23.2. The number of pyridine rings is 1. The summed E-state index contributed by atoms with van der Waals surface area (Å²) < 4.78 is 17.8. The fourth-order valence-electron chi connectivity index (χ4n) is 6.85. The number of aromatic nitrogens is 2. The van der Waals surface area contributed by atoms with E-state index in [0.717, 1.165) is 65.0 Å². The average molecular weight is 569 g/mol. The van der Waals surface area contributed by atoms with Crippen LogP contribution in [0.25, 0.3) is 59.9 Å². The van der Waals surface area contributed by atoms with Crippen molar-refractivity contribution in [2.75, 3.05) is 0 Å². The van der Waals surface area contributed by atoms with Crippen LogP contribution in [0, 0.1) is 0 Å². The van der Waals surface area contributed by atoms with Gasteiger partial charge < -0.3 is 4.57 Å². The number of benzene rings is 7. The van der Waals surface area contributed by atoms with Crippen LogP contribution in [0.3, 0.4) is 0 Å². The van der Waals surface area contributed by atoms with Gasteiger partial charge in [0, 0.05) is 26.7 Å². The molecule has 0 aliphatic heterocycles. The van der Waals surface area contributed by atoms with Crippen molar-refractivity contribution in [1.29, 1.82) is 0 Å². The van der Waals surface area contributed by atoms with Crippen LogP contribution in [0.1, 0.15) is 0 Å². The van der Waals surface area contributed by atoms with E-state index in [2.05, 4.69) is 83.3 Å². The molecule has 0 fully saturated rings. The fraction of sp³-hybridized carbons (Fsp3) is 0. The lowest BCUT2D eigenvalue weighted by molar-refractivity contribution is 0.592. The predicted molar refractivity (Wildman–Crippen MR) is 182 cm³/mol. The first kappa shape index (κ1) is 24.4. The monoisotopic (exact) mass is 568 g/mol. The summed E-state index contributed by atoms with van der Waals surface area (Å²) in [6, 6.07) is 51.9. The molecule has 0 atom stereocenters. The normalized spacial score (nSPS) is 12.3. The van der Waals surface area contributed by atoms with Gasteiger partial charge in [-0.1, -0.05) is 127 Å². The number of hydrogen-bond donors (Lipinski definition) is 0. The fourth-order valence-corrected chi connectivity index (χ4v) is 9.72. The molecule has 9 aromatic rings. The Balaban J connectivity index is 1.49. The molecular weight excluding hydrogens is 543 g/mol. The number of fused-ring (bicyclic) bond motifs is 11. The Hall–Kier alpha value is -5.24. The topological polar surface area (TPSA) is 34.4 Å². The molecule has 0 radical (unpaired) electrons. The maximum Gasteiger partial charge on any atom is 0.171 e. The largest absolute Gasteiger partial charge is 0.309 e. The first-order chi connectivity index (χ1) is 21.2. The van der Waals surface area contributed by atoms with E-state index in [0.29, 0.717) is 0 Å². The van der Waals surface area contributed by atoms with Gasteiger partial charge in [0.05, 0.1) is 16.6 Å². The highest BCUT2D eigenvalue weighted by Crippen LogP contribution is 2.45. The van der Waals surface area contributed by atoms with Crippen LogP contribution in [-0.4, -0.2) is 9.38 Å². The Morgan fingerprint density at radius 2 is 1.16 bits per heavy atom. The Morgan fingerprint density at radius 1 is 0.488 bits per heavy atom. The molecule has 202 valence electrons. The van der Waals surface area contributed by atoms with E-state index in [9.17, 15) is 0 Å². The van der Waals surface area contributed by atoms with Crippen molar-refractivity contribution in [3.05, 3.63) is 152 Å². The minimum Gasteiger partial charge on any atom is -0.309 e. The molecule has 2 aromatic heterocycles. The molecule has 0 amide bonds. The maximum absolute atomic E-state index is 15.5. The van der Waals surface area contributed by atoms with Gasteiger partial charge in [0.2, 0.25) is 0 Å². The van der Waals surface area contributed by atoms with Gasteiger partial charge in [-0.25, -0.2) is 4.98 Å². The molecule has 0 saturated carbocycles. The van der Waals surface area contributed by atoms with E-state index in [1.165, 1.54) is 10.8 Å². The summed E-state index contributed by atoms with van der Waals surface area (Å²) in [5, 5.41) is 10.3. The Bertz CT molecular complexity index is 2540. The first-order valence-electron chi connectivity index (χ1n) is 14.5. The van der Waals surface area contributed by atoms with E-state index in [1.54, 1.807) is 0 Å². The number of hydrogen-bond acceptors (Lipinski definition) is 2. The van der Waals surface area contributed by atoms with Crippen molar-refractivity contribution in [2.45, 2.75) is 0 Å². The molecule has 3 nitrogen and oxygen atoms in total. The molecule has 0 aliphatic rings. The second-order valence-electron chi connectivity index (χ2n) is 11.1. The van der Waals surface area contributed by atoms with Crippen LogP contribution in [0.2, 0.25) is 0 Å². The van der Waals surface area contributed by atoms with Crippen LogP contribution in [0.4, 0.5) is 0 Å². The molecule has 0 aliphatic carbocycles. The number of rotatable bonds is 3. The van der Waals surface area contributed by atoms with E-state index >= 15 is 4.57 Å². The highest BCUT2D eigenvalue weighted by molar-refractivity contribution is 7.85. The minimum atomic E-state index is -3.19. The number of nitrogens with zero attached hydrogens (tertiary/aromatic N) is 2. The van der Waals surface area contributed by atoms with Crippen molar-refractivity contribution in [3.8, 4) is 0 Å². The van der Waals surface area contributed by atoms with E-state index in [1.807, 2.05) is 72.8 Å². The standard InChI is InChI=1S/C39H25N2OP/c42-43(28-14-3-1-4-15-28,29-16-5-2-6-17-29)37-21-11-13-27-24-36-33(25-32(27)37)31-23-22-26-12-7-8-18-30(26)38(31)39-40-34-19-9-10-20-35(34)41(36)39/h1-25H. The third kappa shape index (κ3) is 3.43. The predicted octanol–water partition coefficient (Wildman–Crippen LogP) is 8.74. The lowest BCUT2D eigenvalue weighted by Crippen LogP contribution is -2.25. The van der Waals surface area contributed by atoms with Gasteiger partial charge in [-0.15, -0.1) is 0 Å². The lowest BCUT2D eigenvalue weighted by atomic mass is 9.97. The van der Waals surface area contributed by atoms with Gasteiger partial charge in [0.1, 0.15) is 5.65 Å². The summed E-state index contributed by atoms with van der Waals surface area (Å²) in [5.74, 6) is 0. The summed E-state index contributed by atoms with van der Waals surface area (Å²) in [6.07, 6.45) is 0. The molecule has 0 saturated heterocycles. The Morgan fingerprint density at radius 3 is 1.95 bits per heavy atom. The molecule has 0 bridgehead atoms. The average Bonchev–Trinajstić information content (AvgIpc) is 3.47. The van der Waals surface area contributed by atoms with Crippen molar-refractivity contribution in [3.63, 3.8) is 0 Å². The summed E-state index contributed by atoms with van der Waals surface area (Å²) in [5.41, 5.74) is 4.09. The second-order valence-corrected chi connectivity index (χ2v) is 13.8. The molecular formula is C39H25N2OP. The summed E-state index contributed by atoms with van der Waals surface area (Å²) >= 11 is 0. The smallest absolute Gasteiger partial charge is 0.171 e. The van der Waals surface area contributed by atoms with Gasteiger partial charge >= 0.3 is 0 Å². The molecule has 4 heteroatoms. The third-order valence-electron chi connectivity index (χ3n) is 8.80. The van der Waals surface area contributed by atoms with Crippen molar-refractivity contribution in [1.82, 2.24) is 9.38 Å². The quantitative estimate of drug-likeness (QED) is 0.121. The van der Waals surface area contributed by atoms with Gasteiger partial charge in [-0.05, 0) is 51.2 Å². The molecule has 0 unspecified atom stereocenters. The number of imidazole rings is 1. The highest BCUT2D eigenvalue weighted by Gasteiger charge is 2.31. The third-order valence-corrected chi connectivity index (χ3v) is 11.9. The van der Waals surface area contributed by atoms with Crippen LogP contribution in [-0.2, 0) is 4.57 Å². The zero-order valence-corrected chi connectivity index (χ0v) is 24.1. The molecule has 43 heavy (non-hydrogen) atoms. The van der Waals surface area contributed by atoms with Crippen molar-refractivity contribution < 1.29 is 4.57 Å². The first-order valence-corrected chi connectivity index (χ1v) is 16.2. The van der Waals surface area contributed by atoms with Gasteiger partial charge in [-0.2, -0.15) is 0 Å². The summed E-state index contributed by atoms with van der Waals surface area (Å²) in [7, 11) is -3.19. The molecule has 0 spiro atoms. The van der Waals surface area contributed by atoms with E-state index < -0.39 is 7.14 Å². The van der Waals surface area contributed by atoms with Crippen LogP contribution < -0.4 is 15.9 Å². The van der Waals surface area contributed by atoms with Crippen LogP contribution in [0.5, 0.6) is 0 Å². The second kappa shape index (κ2) is 9.13. The maximum atomic E-state index is 15.5. The zero-order chi connectivity index (χ0) is 28.5. The van der Waals surface area contributed by atoms with Gasteiger partial charge in [0.25, 0.3) is 0 Å². The van der Waals surface area contributed by atoms with Crippen LogP contribution in [0.15, 0.2) is 152 Å². The van der Waals surface area contributed by atoms with Gasteiger partial charge in [0.15, 0.2) is 7.14 Å². The van der Waals surface area contributed by atoms with Crippen molar-refractivity contribution >= 4 is 83.0 Å². The van der Waals surface area contributed by atoms with Crippen LogP contribution >= 0.6 is 7.14 Å². The molecule has 9 rings (SSSR count). The molecule has 7 aromatic carbocycles. The van der Waals surface area contributed by atoms with E-state index in [-0.39, 0.29) is 0 Å². The number of para-hydroxylation sites is 2. The summed E-state index contributed by atoms with van der Waals surface area (Å²) in [6.45, 7) is 0. The van der Waals surface area contributed by atoms with Crippen molar-refractivity contribution in [2.24, 2.45) is 0 Å². The summed E-state index contributed by atoms with van der Waals surface area (Å²) in [4.78, 5) is 5.18. The molecule has 0 N–H and O–H groups in total. The lowest BCUT2D eigenvalue weighted by Gasteiger charge is -2.22.